The molecule has 2 aliphatic heterocycles. The Morgan fingerprint density at radius 3 is 2.73 bits per heavy atom. The molecular weight excluding hydrogens is 326 g/mol. The van der Waals surface area contributed by atoms with E-state index in [9.17, 15) is 4.79 Å². The predicted molar refractivity (Wildman–Crippen MR) is 102 cm³/mol. The minimum absolute atomic E-state index is 0.0773. The second kappa shape index (κ2) is 7.03. The van der Waals surface area contributed by atoms with Crippen LogP contribution in [0.15, 0.2) is 30.3 Å². The minimum atomic E-state index is -0.0773. The zero-order valence-corrected chi connectivity index (χ0v) is 15.3. The first-order chi connectivity index (χ1) is 12.6. The number of fused-ring (bicyclic) bond motifs is 1. The fourth-order valence-electron chi connectivity index (χ4n) is 3.66. The number of carbonyl (C=O) groups is 1. The number of amides is 1. The lowest BCUT2D eigenvalue weighted by molar-refractivity contribution is 0.0940. The number of benzene rings is 1. The Balaban J connectivity index is 1.71. The number of nitrogens with one attached hydrogen (secondary N) is 2. The van der Waals surface area contributed by atoms with Gasteiger partial charge in [0.25, 0.3) is 5.91 Å². The van der Waals surface area contributed by atoms with Crippen LogP contribution in [0, 0.1) is 0 Å². The van der Waals surface area contributed by atoms with Crippen molar-refractivity contribution >= 4 is 11.7 Å². The number of aromatic nitrogens is 2. The molecule has 1 atom stereocenters. The van der Waals surface area contributed by atoms with Crippen molar-refractivity contribution in [3.05, 3.63) is 53.0 Å². The van der Waals surface area contributed by atoms with Crippen molar-refractivity contribution in [3.8, 4) is 0 Å². The first-order valence-corrected chi connectivity index (χ1v) is 9.35. The topological polar surface area (TPSA) is 70.2 Å². The highest BCUT2D eigenvalue weighted by molar-refractivity contribution is 5.96. The fraction of sp³-hybridized carbons (Fsp3) is 0.450. The van der Waals surface area contributed by atoms with Crippen LogP contribution >= 0.6 is 0 Å². The van der Waals surface area contributed by atoms with E-state index in [1.165, 1.54) is 5.56 Å². The molecule has 2 aromatic rings. The molecule has 0 aliphatic carbocycles. The van der Waals surface area contributed by atoms with Gasteiger partial charge in [-0.2, -0.15) is 0 Å². The van der Waals surface area contributed by atoms with Gasteiger partial charge < -0.3 is 15.5 Å². The van der Waals surface area contributed by atoms with Gasteiger partial charge in [0.15, 0.2) is 0 Å². The number of rotatable bonds is 3. The van der Waals surface area contributed by atoms with Crippen LogP contribution in [0.5, 0.6) is 0 Å². The summed E-state index contributed by atoms with van der Waals surface area (Å²) in [7, 11) is 0. The van der Waals surface area contributed by atoms with Crippen molar-refractivity contribution in [2.45, 2.75) is 32.2 Å². The van der Waals surface area contributed by atoms with Crippen LogP contribution in [-0.2, 0) is 6.42 Å². The van der Waals surface area contributed by atoms with E-state index in [2.05, 4.69) is 58.6 Å². The molecule has 1 fully saturated rings. The van der Waals surface area contributed by atoms with E-state index < -0.39 is 0 Å². The summed E-state index contributed by atoms with van der Waals surface area (Å²) in [5.74, 6) is 1.79. The van der Waals surface area contributed by atoms with Gasteiger partial charge in [0.1, 0.15) is 17.3 Å². The molecule has 0 radical (unpaired) electrons. The summed E-state index contributed by atoms with van der Waals surface area (Å²) in [5.41, 5.74) is 2.83. The van der Waals surface area contributed by atoms with Gasteiger partial charge in [0.2, 0.25) is 0 Å². The number of hydrogen-bond acceptors (Lipinski definition) is 5. The van der Waals surface area contributed by atoms with Gasteiger partial charge in [-0.15, -0.1) is 0 Å². The molecule has 0 bridgehead atoms. The van der Waals surface area contributed by atoms with Gasteiger partial charge in [0.05, 0.1) is 0 Å². The zero-order valence-electron chi connectivity index (χ0n) is 15.3. The molecule has 2 N–H and O–H groups in total. The Hall–Kier alpha value is -2.47. The summed E-state index contributed by atoms with van der Waals surface area (Å²) in [5, 5.41) is 6.51. The molecule has 1 amide bonds. The lowest BCUT2D eigenvalue weighted by atomic mass is 10.0. The molecule has 1 saturated heterocycles. The standard InChI is InChI=1S/C20H25N5O/c1-13(2)18-23-17-15(8-9-22-20(17)26)19(24-18)25-11-10-21-16(12-25)14-6-4-3-5-7-14/h3-7,13,16,21H,8-12H2,1-2H3,(H,22,26). The third-order valence-corrected chi connectivity index (χ3v) is 5.07. The highest BCUT2D eigenvalue weighted by Crippen LogP contribution is 2.29. The van der Waals surface area contributed by atoms with E-state index in [4.69, 9.17) is 4.98 Å². The van der Waals surface area contributed by atoms with Gasteiger partial charge in [-0.3, -0.25) is 4.79 Å². The first-order valence-electron chi connectivity index (χ1n) is 9.35. The zero-order chi connectivity index (χ0) is 18.1. The van der Waals surface area contributed by atoms with E-state index in [0.29, 0.717) is 12.2 Å². The molecule has 0 saturated carbocycles. The maximum atomic E-state index is 12.3. The summed E-state index contributed by atoms with van der Waals surface area (Å²) in [4.78, 5) is 24.1. The smallest absolute Gasteiger partial charge is 0.270 e. The van der Waals surface area contributed by atoms with E-state index in [1.807, 2.05) is 6.07 Å². The number of hydrogen-bond donors (Lipinski definition) is 2. The van der Waals surface area contributed by atoms with Crippen LogP contribution in [0.25, 0.3) is 0 Å². The van der Waals surface area contributed by atoms with Crippen molar-refractivity contribution in [1.82, 2.24) is 20.6 Å². The van der Waals surface area contributed by atoms with Crippen LogP contribution < -0.4 is 15.5 Å². The van der Waals surface area contributed by atoms with Gasteiger partial charge in [-0.25, -0.2) is 9.97 Å². The van der Waals surface area contributed by atoms with Crippen molar-refractivity contribution < 1.29 is 4.79 Å². The largest absolute Gasteiger partial charge is 0.353 e. The van der Waals surface area contributed by atoms with Gasteiger partial charge in [-0.05, 0) is 12.0 Å². The summed E-state index contributed by atoms with van der Waals surface area (Å²) >= 11 is 0. The normalized spacial score (nSPS) is 20.0. The quantitative estimate of drug-likeness (QED) is 0.886. The maximum Gasteiger partial charge on any atom is 0.270 e. The van der Waals surface area contributed by atoms with E-state index in [1.54, 1.807) is 0 Å². The predicted octanol–water partition coefficient (Wildman–Crippen LogP) is 2.04. The number of nitrogens with zero attached hydrogens (tertiary/aromatic N) is 3. The summed E-state index contributed by atoms with van der Waals surface area (Å²) in [6.07, 6.45) is 0.786. The number of piperazine rings is 1. The Morgan fingerprint density at radius 1 is 1.15 bits per heavy atom. The highest BCUT2D eigenvalue weighted by Gasteiger charge is 2.29. The SMILES string of the molecule is CC(C)c1nc2c(c(N3CCNC(c4ccccc4)C3)n1)CCNC2=O. The average molecular weight is 351 g/mol. The maximum absolute atomic E-state index is 12.3. The highest BCUT2D eigenvalue weighted by atomic mass is 16.1. The monoisotopic (exact) mass is 351 g/mol. The van der Waals surface area contributed by atoms with Crippen LogP contribution in [0.1, 0.15) is 53.2 Å². The third kappa shape index (κ3) is 3.17. The summed E-state index contributed by atoms with van der Waals surface area (Å²) < 4.78 is 0. The van der Waals surface area contributed by atoms with Gasteiger partial charge in [-0.1, -0.05) is 44.2 Å². The van der Waals surface area contributed by atoms with E-state index in [0.717, 1.165) is 43.3 Å². The fourth-order valence-corrected chi connectivity index (χ4v) is 3.66. The lowest BCUT2D eigenvalue weighted by Gasteiger charge is -2.36. The molecule has 26 heavy (non-hydrogen) atoms. The molecular formula is C20H25N5O. The van der Waals surface area contributed by atoms with Crippen LogP contribution in [-0.4, -0.2) is 42.1 Å². The Morgan fingerprint density at radius 2 is 1.96 bits per heavy atom. The van der Waals surface area contributed by atoms with E-state index >= 15 is 0 Å². The second-order valence-electron chi connectivity index (χ2n) is 7.26. The molecule has 1 unspecified atom stereocenters. The van der Waals surface area contributed by atoms with Crippen molar-refractivity contribution in [3.63, 3.8) is 0 Å². The summed E-state index contributed by atoms with van der Waals surface area (Å²) in [6.45, 7) is 7.39. The Labute approximate surface area is 154 Å². The first kappa shape index (κ1) is 17.0. The second-order valence-corrected chi connectivity index (χ2v) is 7.26. The Kier molecular flexibility index (Phi) is 4.59. The lowest BCUT2D eigenvalue weighted by Crippen LogP contribution is -2.47. The Bertz CT molecular complexity index is 805. The van der Waals surface area contributed by atoms with Crippen LogP contribution in [0.2, 0.25) is 0 Å². The molecule has 6 nitrogen and oxygen atoms in total. The molecule has 6 heteroatoms. The van der Waals surface area contributed by atoms with Crippen molar-refractivity contribution in [2.75, 3.05) is 31.1 Å². The van der Waals surface area contributed by atoms with Crippen LogP contribution in [0.4, 0.5) is 5.82 Å². The van der Waals surface area contributed by atoms with E-state index in [-0.39, 0.29) is 17.9 Å². The van der Waals surface area contributed by atoms with Crippen molar-refractivity contribution in [2.24, 2.45) is 0 Å². The molecule has 2 aliphatic rings. The van der Waals surface area contributed by atoms with Crippen molar-refractivity contribution in [1.29, 1.82) is 0 Å². The molecule has 3 heterocycles. The van der Waals surface area contributed by atoms with Crippen LogP contribution in [0.3, 0.4) is 0 Å². The molecule has 1 aromatic carbocycles. The molecule has 1 aromatic heterocycles. The average Bonchev–Trinajstić information content (AvgIpc) is 2.68. The molecule has 0 spiro atoms. The summed E-state index contributed by atoms with van der Waals surface area (Å²) in [6, 6.07) is 10.8. The minimum Gasteiger partial charge on any atom is -0.353 e. The number of carbonyl (C=O) groups excluding carboxylic acids is 1. The number of anilines is 1. The molecule has 4 rings (SSSR count). The molecule has 136 valence electrons. The third-order valence-electron chi connectivity index (χ3n) is 5.07. The van der Waals surface area contributed by atoms with Gasteiger partial charge >= 0.3 is 0 Å². The van der Waals surface area contributed by atoms with Gasteiger partial charge in [0, 0.05) is 43.7 Å².